The number of hydrogen-bond acceptors (Lipinski definition) is 4. The minimum Gasteiger partial charge on any atom is -0.378 e. The molecule has 2 aliphatic rings. The fourth-order valence-corrected chi connectivity index (χ4v) is 3.38. The van der Waals surface area contributed by atoms with Crippen LogP contribution in [0.25, 0.3) is 0 Å². The van der Waals surface area contributed by atoms with Gasteiger partial charge in [-0.2, -0.15) is 0 Å². The first kappa shape index (κ1) is 16.2. The van der Waals surface area contributed by atoms with Gasteiger partial charge < -0.3 is 14.8 Å². The zero-order valence-corrected chi connectivity index (χ0v) is 13.3. The molecule has 0 amide bonds. The summed E-state index contributed by atoms with van der Waals surface area (Å²) in [5.41, 5.74) is 0. The number of nitrogens with one attached hydrogen (secondary N) is 1. The molecule has 4 heteroatoms. The maximum absolute atomic E-state index is 6.01. The summed E-state index contributed by atoms with van der Waals surface area (Å²) in [5.74, 6) is 0. The second-order valence-electron chi connectivity index (χ2n) is 6.03. The van der Waals surface area contributed by atoms with E-state index in [-0.39, 0.29) is 0 Å². The van der Waals surface area contributed by atoms with Crippen molar-refractivity contribution in [3.63, 3.8) is 0 Å². The van der Waals surface area contributed by atoms with Crippen LogP contribution in [-0.2, 0) is 9.47 Å². The van der Waals surface area contributed by atoms with Gasteiger partial charge >= 0.3 is 0 Å². The normalized spacial score (nSPS) is 29.7. The van der Waals surface area contributed by atoms with Gasteiger partial charge in [0.15, 0.2) is 0 Å². The highest BCUT2D eigenvalue weighted by Crippen LogP contribution is 2.20. The molecule has 3 unspecified atom stereocenters. The van der Waals surface area contributed by atoms with E-state index < -0.39 is 0 Å². The van der Waals surface area contributed by atoms with Crippen molar-refractivity contribution in [3.05, 3.63) is 0 Å². The van der Waals surface area contributed by atoms with Crippen molar-refractivity contribution in [1.82, 2.24) is 10.2 Å². The Morgan fingerprint density at radius 2 is 2.15 bits per heavy atom. The second-order valence-corrected chi connectivity index (χ2v) is 6.03. The van der Waals surface area contributed by atoms with E-state index >= 15 is 0 Å². The van der Waals surface area contributed by atoms with Crippen molar-refractivity contribution in [2.75, 3.05) is 39.4 Å². The molecule has 2 aliphatic heterocycles. The lowest BCUT2D eigenvalue weighted by molar-refractivity contribution is -0.0466. The van der Waals surface area contributed by atoms with Gasteiger partial charge in [-0.05, 0) is 45.2 Å². The molecule has 2 rings (SSSR count). The first-order chi connectivity index (χ1) is 9.83. The molecule has 3 atom stereocenters. The highest BCUT2D eigenvalue weighted by Gasteiger charge is 2.27. The lowest BCUT2D eigenvalue weighted by atomic mass is 10.00. The summed E-state index contributed by atoms with van der Waals surface area (Å²) in [6, 6.07) is 0.496. The van der Waals surface area contributed by atoms with Gasteiger partial charge in [0.2, 0.25) is 0 Å². The third-order valence-corrected chi connectivity index (χ3v) is 4.61. The first-order valence-corrected chi connectivity index (χ1v) is 8.52. The van der Waals surface area contributed by atoms with E-state index in [1.165, 1.54) is 32.1 Å². The standard InChI is InChI=1S/C16H32N2O2/c1-3-17-15(9-5-7-14-8-6-11-19-14)16-13-18(4-2)10-12-20-16/h14-17H,3-13H2,1-2H3. The Hall–Kier alpha value is -0.160. The summed E-state index contributed by atoms with van der Waals surface area (Å²) in [4.78, 5) is 2.50. The van der Waals surface area contributed by atoms with E-state index in [1.54, 1.807) is 0 Å². The Morgan fingerprint density at radius 3 is 2.85 bits per heavy atom. The molecule has 2 fully saturated rings. The van der Waals surface area contributed by atoms with E-state index in [0.717, 1.165) is 39.4 Å². The van der Waals surface area contributed by atoms with Gasteiger partial charge in [-0.3, -0.25) is 4.90 Å². The number of rotatable bonds is 8. The van der Waals surface area contributed by atoms with Gasteiger partial charge in [-0.15, -0.1) is 0 Å². The molecule has 2 saturated heterocycles. The van der Waals surface area contributed by atoms with Crippen molar-refractivity contribution < 1.29 is 9.47 Å². The zero-order chi connectivity index (χ0) is 14.2. The molecule has 1 N–H and O–H groups in total. The molecule has 0 aliphatic carbocycles. The third kappa shape index (κ3) is 4.99. The van der Waals surface area contributed by atoms with Crippen LogP contribution in [0, 0.1) is 0 Å². The van der Waals surface area contributed by atoms with Crippen LogP contribution in [-0.4, -0.2) is 62.5 Å². The molecule has 0 aromatic heterocycles. The number of morpholine rings is 1. The fourth-order valence-electron chi connectivity index (χ4n) is 3.38. The Morgan fingerprint density at radius 1 is 1.25 bits per heavy atom. The van der Waals surface area contributed by atoms with Crippen LogP contribution in [0.4, 0.5) is 0 Å². The molecule has 0 aromatic carbocycles. The summed E-state index contributed by atoms with van der Waals surface area (Å²) in [5, 5.41) is 3.63. The van der Waals surface area contributed by atoms with Crippen LogP contribution in [0.15, 0.2) is 0 Å². The van der Waals surface area contributed by atoms with Gasteiger partial charge in [0.25, 0.3) is 0 Å². The van der Waals surface area contributed by atoms with Crippen molar-refractivity contribution >= 4 is 0 Å². The molecular weight excluding hydrogens is 252 g/mol. The van der Waals surface area contributed by atoms with E-state index in [1.807, 2.05) is 0 Å². The average Bonchev–Trinajstić information content (AvgIpc) is 3.00. The largest absolute Gasteiger partial charge is 0.378 e. The van der Waals surface area contributed by atoms with Crippen LogP contribution < -0.4 is 5.32 Å². The lowest BCUT2D eigenvalue weighted by Crippen LogP contribution is -2.52. The van der Waals surface area contributed by atoms with Crippen LogP contribution >= 0.6 is 0 Å². The van der Waals surface area contributed by atoms with Crippen LogP contribution in [0.1, 0.15) is 46.0 Å². The topological polar surface area (TPSA) is 33.7 Å². The van der Waals surface area contributed by atoms with E-state index in [0.29, 0.717) is 18.2 Å². The van der Waals surface area contributed by atoms with Gasteiger partial charge in [-0.25, -0.2) is 0 Å². The molecule has 0 aromatic rings. The maximum atomic E-state index is 6.01. The Labute approximate surface area is 124 Å². The highest BCUT2D eigenvalue weighted by atomic mass is 16.5. The zero-order valence-electron chi connectivity index (χ0n) is 13.3. The lowest BCUT2D eigenvalue weighted by Gasteiger charge is -2.37. The monoisotopic (exact) mass is 284 g/mol. The summed E-state index contributed by atoms with van der Waals surface area (Å²) in [6.45, 7) is 10.6. The molecule has 4 nitrogen and oxygen atoms in total. The van der Waals surface area contributed by atoms with Crippen LogP contribution in [0.5, 0.6) is 0 Å². The first-order valence-electron chi connectivity index (χ1n) is 8.52. The molecule has 0 saturated carbocycles. The number of nitrogens with zero attached hydrogens (tertiary/aromatic N) is 1. The predicted octanol–water partition coefficient (Wildman–Crippen LogP) is 2.03. The van der Waals surface area contributed by atoms with Gasteiger partial charge in [0, 0.05) is 25.7 Å². The molecular formula is C16H32N2O2. The average molecular weight is 284 g/mol. The van der Waals surface area contributed by atoms with E-state index in [2.05, 4.69) is 24.1 Å². The van der Waals surface area contributed by atoms with Crippen molar-refractivity contribution in [2.24, 2.45) is 0 Å². The third-order valence-electron chi connectivity index (χ3n) is 4.61. The van der Waals surface area contributed by atoms with E-state index in [4.69, 9.17) is 9.47 Å². The second kappa shape index (κ2) is 8.98. The van der Waals surface area contributed by atoms with Crippen LogP contribution in [0.2, 0.25) is 0 Å². The molecule has 20 heavy (non-hydrogen) atoms. The fraction of sp³-hybridized carbons (Fsp3) is 1.00. The smallest absolute Gasteiger partial charge is 0.0855 e. The quantitative estimate of drug-likeness (QED) is 0.739. The van der Waals surface area contributed by atoms with E-state index in [9.17, 15) is 0 Å². The minimum atomic E-state index is 0.355. The molecule has 0 bridgehead atoms. The van der Waals surface area contributed by atoms with Gasteiger partial charge in [0.1, 0.15) is 0 Å². The SMILES string of the molecule is CCNC(CCCC1CCCO1)C1CN(CC)CCO1. The summed E-state index contributed by atoms with van der Waals surface area (Å²) in [7, 11) is 0. The van der Waals surface area contributed by atoms with Crippen molar-refractivity contribution in [3.8, 4) is 0 Å². The number of ether oxygens (including phenoxy) is 2. The summed E-state index contributed by atoms with van der Waals surface area (Å²) in [6.07, 6.45) is 7.05. The van der Waals surface area contributed by atoms with Crippen molar-refractivity contribution in [2.45, 2.75) is 64.2 Å². The molecule has 2 heterocycles. The molecule has 118 valence electrons. The van der Waals surface area contributed by atoms with Crippen LogP contribution in [0.3, 0.4) is 0 Å². The number of hydrogen-bond donors (Lipinski definition) is 1. The van der Waals surface area contributed by atoms with Gasteiger partial charge in [0.05, 0.1) is 18.8 Å². The van der Waals surface area contributed by atoms with Crippen molar-refractivity contribution in [1.29, 1.82) is 0 Å². The molecule has 0 radical (unpaired) electrons. The molecule has 0 spiro atoms. The minimum absolute atomic E-state index is 0.355. The maximum Gasteiger partial charge on any atom is 0.0855 e. The highest BCUT2D eigenvalue weighted by molar-refractivity contribution is 4.83. The number of likely N-dealkylation sites (N-methyl/N-ethyl adjacent to an activating group) is 2. The Kier molecular flexibility index (Phi) is 7.28. The predicted molar refractivity (Wildman–Crippen MR) is 82.1 cm³/mol. The summed E-state index contributed by atoms with van der Waals surface area (Å²) >= 11 is 0. The van der Waals surface area contributed by atoms with Gasteiger partial charge in [-0.1, -0.05) is 13.8 Å². The Balaban J connectivity index is 1.73. The summed E-state index contributed by atoms with van der Waals surface area (Å²) < 4.78 is 11.7. The Bertz CT molecular complexity index is 257.